The molecule has 19 heavy (non-hydrogen) atoms. The molecule has 1 N–H and O–H groups in total. The van der Waals surface area contributed by atoms with Crippen molar-refractivity contribution in [3.05, 3.63) is 46.6 Å². The smallest absolute Gasteiger partial charge is 0.345 e. The summed E-state index contributed by atoms with van der Waals surface area (Å²) in [5, 5.41) is 12.6. The Labute approximate surface area is 108 Å². The lowest BCUT2D eigenvalue weighted by atomic mass is 10.2. The van der Waals surface area contributed by atoms with Crippen LogP contribution in [0.2, 0.25) is 0 Å². The summed E-state index contributed by atoms with van der Waals surface area (Å²) in [5.74, 6) is -0.430. The lowest BCUT2D eigenvalue weighted by Gasteiger charge is -2.05. The minimum absolute atomic E-state index is 0.202. The summed E-state index contributed by atoms with van der Waals surface area (Å²) in [7, 11) is 1.62. The predicted octanol–water partition coefficient (Wildman–Crippen LogP) is 0.359. The van der Waals surface area contributed by atoms with E-state index in [1.54, 1.807) is 19.2 Å². The number of rotatable bonds is 5. The molecule has 0 bridgehead atoms. The van der Waals surface area contributed by atoms with Gasteiger partial charge in [-0.1, -0.05) is 0 Å². The van der Waals surface area contributed by atoms with Crippen molar-refractivity contribution in [2.45, 2.75) is 6.54 Å². The fourth-order valence-electron chi connectivity index (χ4n) is 1.52. The summed E-state index contributed by atoms with van der Waals surface area (Å²) in [6, 6.07) is 6.07. The molecule has 1 heterocycles. The number of aryl methyl sites for hydroxylation is 1. The Hall–Kier alpha value is -2.57. The highest BCUT2D eigenvalue weighted by Crippen LogP contribution is 2.11. The summed E-state index contributed by atoms with van der Waals surface area (Å²) in [5.41, 5.74) is -0.00174. The van der Waals surface area contributed by atoms with Crippen molar-refractivity contribution in [3.8, 4) is 5.75 Å². The van der Waals surface area contributed by atoms with Crippen molar-refractivity contribution in [1.82, 2.24) is 14.3 Å². The maximum atomic E-state index is 11.5. The summed E-state index contributed by atoms with van der Waals surface area (Å²) in [6.45, 7) is 0.615. The highest BCUT2D eigenvalue weighted by atomic mass is 16.5. The standard InChI is InChI=1S/C12H13N3O4/c1-14-8-13-15(12(14)18)6-7-19-10-4-2-9(3-5-10)11(16)17/h2-5,8H,6-7H2,1H3,(H,16,17). The van der Waals surface area contributed by atoms with Crippen LogP contribution in [0.4, 0.5) is 0 Å². The molecule has 7 heteroatoms. The number of hydrogen-bond donors (Lipinski definition) is 1. The van der Waals surface area contributed by atoms with E-state index in [4.69, 9.17) is 9.84 Å². The van der Waals surface area contributed by atoms with Gasteiger partial charge in [0.2, 0.25) is 0 Å². The van der Waals surface area contributed by atoms with Crippen LogP contribution in [-0.2, 0) is 13.6 Å². The van der Waals surface area contributed by atoms with E-state index in [2.05, 4.69) is 5.10 Å². The van der Waals surface area contributed by atoms with Gasteiger partial charge in [-0.3, -0.25) is 4.57 Å². The zero-order chi connectivity index (χ0) is 13.8. The minimum Gasteiger partial charge on any atom is -0.492 e. The largest absolute Gasteiger partial charge is 0.492 e. The van der Waals surface area contributed by atoms with Crippen LogP contribution in [0.1, 0.15) is 10.4 Å². The van der Waals surface area contributed by atoms with Crippen LogP contribution in [0.25, 0.3) is 0 Å². The number of nitrogens with zero attached hydrogens (tertiary/aromatic N) is 3. The van der Waals surface area contributed by atoms with Crippen LogP contribution >= 0.6 is 0 Å². The lowest BCUT2D eigenvalue weighted by molar-refractivity contribution is 0.0697. The molecule has 2 rings (SSSR count). The number of carboxylic acid groups (broad SMARTS) is 1. The molecule has 7 nitrogen and oxygen atoms in total. The zero-order valence-electron chi connectivity index (χ0n) is 10.3. The molecule has 100 valence electrons. The highest BCUT2D eigenvalue weighted by molar-refractivity contribution is 5.87. The first-order valence-corrected chi connectivity index (χ1v) is 5.62. The third-order valence-corrected chi connectivity index (χ3v) is 2.56. The van der Waals surface area contributed by atoms with Gasteiger partial charge >= 0.3 is 11.7 Å². The second-order valence-corrected chi connectivity index (χ2v) is 3.93. The average molecular weight is 263 g/mol. The molecular weight excluding hydrogens is 250 g/mol. The summed E-state index contributed by atoms with van der Waals surface area (Å²) < 4.78 is 8.08. The van der Waals surface area contributed by atoms with Gasteiger partial charge in [-0.25, -0.2) is 14.3 Å². The van der Waals surface area contributed by atoms with E-state index in [0.717, 1.165) is 0 Å². The Bertz CT molecular complexity index is 627. The van der Waals surface area contributed by atoms with Gasteiger partial charge in [-0.15, -0.1) is 0 Å². The molecule has 0 aliphatic carbocycles. The van der Waals surface area contributed by atoms with Gasteiger partial charge in [0.15, 0.2) is 0 Å². The number of carbonyl (C=O) groups is 1. The molecule has 0 amide bonds. The van der Waals surface area contributed by atoms with Gasteiger partial charge in [-0.2, -0.15) is 5.10 Å². The quantitative estimate of drug-likeness (QED) is 0.841. The second-order valence-electron chi connectivity index (χ2n) is 3.93. The summed E-state index contributed by atoms with van der Waals surface area (Å²) in [4.78, 5) is 22.1. The van der Waals surface area contributed by atoms with Gasteiger partial charge in [0.05, 0.1) is 12.1 Å². The van der Waals surface area contributed by atoms with Crippen LogP contribution in [-0.4, -0.2) is 32.0 Å². The van der Waals surface area contributed by atoms with Crippen molar-refractivity contribution >= 4 is 5.97 Å². The Morgan fingerprint density at radius 1 is 1.37 bits per heavy atom. The molecule has 1 aromatic heterocycles. The third-order valence-electron chi connectivity index (χ3n) is 2.56. The lowest BCUT2D eigenvalue weighted by Crippen LogP contribution is -2.25. The molecule has 0 spiro atoms. The first kappa shape index (κ1) is 12.9. The Kier molecular flexibility index (Phi) is 3.65. The molecule has 0 fully saturated rings. The SMILES string of the molecule is Cn1cnn(CCOc2ccc(C(=O)O)cc2)c1=O. The number of aromatic nitrogens is 3. The van der Waals surface area contributed by atoms with Crippen molar-refractivity contribution in [2.24, 2.45) is 7.05 Å². The Morgan fingerprint density at radius 2 is 2.05 bits per heavy atom. The summed E-state index contributed by atoms with van der Waals surface area (Å²) in [6.07, 6.45) is 1.43. The first-order valence-electron chi connectivity index (χ1n) is 5.62. The number of benzene rings is 1. The van der Waals surface area contributed by atoms with Gasteiger partial charge in [0, 0.05) is 7.05 Å². The van der Waals surface area contributed by atoms with Crippen LogP contribution in [0.15, 0.2) is 35.4 Å². The molecular formula is C12H13N3O4. The van der Waals surface area contributed by atoms with Crippen molar-refractivity contribution < 1.29 is 14.6 Å². The van der Waals surface area contributed by atoms with E-state index in [1.807, 2.05) is 0 Å². The van der Waals surface area contributed by atoms with E-state index < -0.39 is 5.97 Å². The van der Waals surface area contributed by atoms with E-state index >= 15 is 0 Å². The van der Waals surface area contributed by atoms with Crippen LogP contribution in [0.3, 0.4) is 0 Å². The number of carboxylic acids is 1. The molecule has 0 unspecified atom stereocenters. The fraction of sp³-hybridized carbons (Fsp3) is 0.250. The van der Waals surface area contributed by atoms with Gasteiger partial charge in [0.25, 0.3) is 0 Å². The molecule has 0 saturated carbocycles. The third kappa shape index (κ3) is 3.01. The predicted molar refractivity (Wildman–Crippen MR) is 66.4 cm³/mol. The molecule has 0 aliphatic heterocycles. The Balaban J connectivity index is 1.91. The molecule has 0 aliphatic rings. The van der Waals surface area contributed by atoms with E-state index in [9.17, 15) is 9.59 Å². The number of ether oxygens (including phenoxy) is 1. The maximum Gasteiger partial charge on any atom is 0.345 e. The number of aromatic carboxylic acids is 1. The minimum atomic E-state index is -0.980. The highest BCUT2D eigenvalue weighted by Gasteiger charge is 2.03. The molecule has 0 atom stereocenters. The van der Waals surface area contributed by atoms with E-state index in [-0.39, 0.29) is 17.9 Å². The van der Waals surface area contributed by atoms with E-state index in [0.29, 0.717) is 12.3 Å². The average Bonchev–Trinajstić information content (AvgIpc) is 2.71. The molecule has 0 saturated heterocycles. The zero-order valence-corrected chi connectivity index (χ0v) is 10.3. The summed E-state index contributed by atoms with van der Waals surface area (Å²) >= 11 is 0. The monoisotopic (exact) mass is 263 g/mol. The van der Waals surface area contributed by atoms with E-state index in [1.165, 1.54) is 27.7 Å². The second kappa shape index (κ2) is 5.38. The molecule has 0 radical (unpaired) electrons. The van der Waals surface area contributed by atoms with Gasteiger partial charge < -0.3 is 9.84 Å². The number of hydrogen-bond acceptors (Lipinski definition) is 4. The maximum absolute atomic E-state index is 11.5. The molecule has 1 aromatic carbocycles. The van der Waals surface area contributed by atoms with Crippen molar-refractivity contribution in [2.75, 3.05) is 6.61 Å². The van der Waals surface area contributed by atoms with Crippen molar-refractivity contribution in [3.63, 3.8) is 0 Å². The fourth-order valence-corrected chi connectivity index (χ4v) is 1.52. The molecule has 2 aromatic rings. The van der Waals surface area contributed by atoms with Gasteiger partial charge in [-0.05, 0) is 24.3 Å². The normalized spacial score (nSPS) is 10.4. The van der Waals surface area contributed by atoms with Crippen molar-refractivity contribution in [1.29, 1.82) is 0 Å². The first-order chi connectivity index (χ1) is 9.08. The van der Waals surface area contributed by atoms with Crippen LogP contribution in [0.5, 0.6) is 5.75 Å². The van der Waals surface area contributed by atoms with Crippen LogP contribution in [0, 0.1) is 0 Å². The Morgan fingerprint density at radius 3 is 2.58 bits per heavy atom. The topological polar surface area (TPSA) is 86.3 Å². The van der Waals surface area contributed by atoms with Gasteiger partial charge in [0.1, 0.15) is 18.7 Å². The van der Waals surface area contributed by atoms with Crippen LogP contribution < -0.4 is 10.4 Å².